The summed E-state index contributed by atoms with van der Waals surface area (Å²) in [5.41, 5.74) is 2.77. The second-order valence-corrected chi connectivity index (χ2v) is 4.17. The molecular formula is C13H19NO2. The molecule has 0 bridgehead atoms. The Morgan fingerprint density at radius 1 is 1.50 bits per heavy atom. The Kier molecular flexibility index (Phi) is 3.80. The van der Waals surface area contributed by atoms with E-state index in [2.05, 4.69) is 17.4 Å². The van der Waals surface area contributed by atoms with Crippen molar-refractivity contribution in [2.24, 2.45) is 0 Å². The van der Waals surface area contributed by atoms with Crippen LogP contribution in [-0.2, 0) is 6.42 Å². The van der Waals surface area contributed by atoms with Gasteiger partial charge >= 0.3 is 0 Å². The van der Waals surface area contributed by atoms with Crippen LogP contribution in [0.2, 0.25) is 0 Å². The minimum absolute atomic E-state index is 0.0657. The number of aliphatic hydroxyl groups excluding tert-OH is 1. The van der Waals surface area contributed by atoms with Crippen LogP contribution < -0.4 is 10.1 Å². The van der Waals surface area contributed by atoms with E-state index in [4.69, 9.17) is 9.84 Å². The fourth-order valence-corrected chi connectivity index (χ4v) is 2.34. The molecule has 3 nitrogen and oxygen atoms in total. The van der Waals surface area contributed by atoms with E-state index >= 15 is 0 Å². The molecule has 1 atom stereocenters. The monoisotopic (exact) mass is 221 g/mol. The van der Waals surface area contributed by atoms with Crippen LogP contribution in [0.3, 0.4) is 0 Å². The van der Waals surface area contributed by atoms with Gasteiger partial charge in [0.15, 0.2) is 0 Å². The quantitative estimate of drug-likeness (QED) is 0.812. The van der Waals surface area contributed by atoms with Crippen molar-refractivity contribution in [1.82, 2.24) is 5.32 Å². The van der Waals surface area contributed by atoms with Gasteiger partial charge in [-0.15, -0.1) is 0 Å². The van der Waals surface area contributed by atoms with Gasteiger partial charge in [0.05, 0.1) is 6.61 Å². The number of fused-ring (bicyclic) bond motifs is 1. The lowest BCUT2D eigenvalue weighted by Gasteiger charge is -2.25. The van der Waals surface area contributed by atoms with Crippen molar-refractivity contribution < 1.29 is 9.84 Å². The number of benzene rings is 1. The maximum atomic E-state index is 8.71. The largest absolute Gasteiger partial charge is 0.491 e. The summed E-state index contributed by atoms with van der Waals surface area (Å²) < 4.78 is 5.42. The van der Waals surface area contributed by atoms with Gasteiger partial charge < -0.3 is 15.2 Å². The number of hydrogen-bond acceptors (Lipinski definition) is 3. The van der Waals surface area contributed by atoms with Crippen molar-refractivity contribution in [3.8, 4) is 5.75 Å². The first-order valence-electron chi connectivity index (χ1n) is 5.89. The van der Waals surface area contributed by atoms with Gasteiger partial charge in [0.1, 0.15) is 12.4 Å². The van der Waals surface area contributed by atoms with Crippen LogP contribution in [0.25, 0.3) is 0 Å². The molecule has 0 radical (unpaired) electrons. The van der Waals surface area contributed by atoms with E-state index in [1.807, 2.05) is 13.1 Å². The van der Waals surface area contributed by atoms with Crippen LogP contribution in [0.4, 0.5) is 0 Å². The first kappa shape index (κ1) is 11.4. The van der Waals surface area contributed by atoms with Crippen molar-refractivity contribution in [2.45, 2.75) is 25.3 Å². The van der Waals surface area contributed by atoms with E-state index in [1.165, 1.54) is 24.0 Å². The van der Waals surface area contributed by atoms with Crippen molar-refractivity contribution in [3.63, 3.8) is 0 Å². The molecular weight excluding hydrogens is 202 g/mol. The number of nitrogens with one attached hydrogen (secondary N) is 1. The first-order chi connectivity index (χ1) is 7.85. The number of rotatable bonds is 4. The second kappa shape index (κ2) is 5.32. The molecule has 2 rings (SSSR count). The van der Waals surface area contributed by atoms with Gasteiger partial charge in [-0.1, -0.05) is 6.07 Å². The summed E-state index contributed by atoms with van der Waals surface area (Å²) in [6, 6.07) is 6.72. The van der Waals surface area contributed by atoms with E-state index in [1.54, 1.807) is 0 Å². The molecule has 0 aromatic heterocycles. The summed E-state index contributed by atoms with van der Waals surface area (Å²) in [6.07, 6.45) is 3.56. The molecule has 1 aliphatic rings. The molecule has 1 aromatic rings. The molecule has 0 amide bonds. The summed E-state index contributed by atoms with van der Waals surface area (Å²) in [5, 5.41) is 12.1. The van der Waals surface area contributed by atoms with Crippen LogP contribution in [-0.4, -0.2) is 25.4 Å². The minimum Gasteiger partial charge on any atom is -0.491 e. The lowest BCUT2D eigenvalue weighted by Crippen LogP contribution is -2.21. The molecule has 0 saturated heterocycles. The van der Waals surface area contributed by atoms with E-state index in [0.717, 1.165) is 12.2 Å². The molecule has 88 valence electrons. The van der Waals surface area contributed by atoms with Crippen molar-refractivity contribution in [2.75, 3.05) is 20.3 Å². The maximum Gasteiger partial charge on any atom is 0.119 e. The first-order valence-corrected chi connectivity index (χ1v) is 5.89. The summed E-state index contributed by atoms with van der Waals surface area (Å²) in [6.45, 7) is 0.435. The van der Waals surface area contributed by atoms with Gasteiger partial charge in [0, 0.05) is 6.04 Å². The Morgan fingerprint density at radius 2 is 2.38 bits per heavy atom. The van der Waals surface area contributed by atoms with Crippen LogP contribution >= 0.6 is 0 Å². The average Bonchev–Trinajstić information content (AvgIpc) is 2.35. The molecule has 1 aromatic carbocycles. The van der Waals surface area contributed by atoms with Crippen LogP contribution in [0.15, 0.2) is 18.2 Å². The molecule has 0 heterocycles. The Bertz CT molecular complexity index is 352. The topological polar surface area (TPSA) is 41.5 Å². The third-order valence-corrected chi connectivity index (χ3v) is 3.14. The highest BCUT2D eigenvalue weighted by atomic mass is 16.5. The molecule has 3 heteroatoms. The molecule has 0 fully saturated rings. The zero-order valence-electron chi connectivity index (χ0n) is 9.70. The molecule has 0 saturated carbocycles. The molecule has 16 heavy (non-hydrogen) atoms. The van der Waals surface area contributed by atoms with Crippen LogP contribution in [0, 0.1) is 0 Å². The molecule has 1 unspecified atom stereocenters. The van der Waals surface area contributed by atoms with Crippen LogP contribution in [0.5, 0.6) is 5.75 Å². The molecule has 2 N–H and O–H groups in total. The van der Waals surface area contributed by atoms with Crippen molar-refractivity contribution >= 4 is 0 Å². The molecule has 0 spiro atoms. The SMILES string of the molecule is CNC1CCCc2cc(OCCO)ccc21. The van der Waals surface area contributed by atoms with Gasteiger partial charge in [-0.2, -0.15) is 0 Å². The second-order valence-electron chi connectivity index (χ2n) is 4.17. The summed E-state index contributed by atoms with van der Waals surface area (Å²) in [4.78, 5) is 0. The average molecular weight is 221 g/mol. The van der Waals surface area contributed by atoms with Gasteiger partial charge in [-0.25, -0.2) is 0 Å². The van der Waals surface area contributed by atoms with E-state index in [-0.39, 0.29) is 6.61 Å². The number of aryl methyl sites for hydroxylation is 1. The Hall–Kier alpha value is -1.06. The molecule has 0 aliphatic heterocycles. The fraction of sp³-hybridized carbons (Fsp3) is 0.538. The number of aliphatic hydroxyl groups is 1. The van der Waals surface area contributed by atoms with E-state index in [9.17, 15) is 0 Å². The third kappa shape index (κ3) is 2.36. The van der Waals surface area contributed by atoms with Gasteiger partial charge in [-0.3, -0.25) is 0 Å². The lowest BCUT2D eigenvalue weighted by atomic mass is 9.87. The Morgan fingerprint density at radius 3 is 3.12 bits per heavy atom. The zero-order valence-corrected chi connectivity index (χ0v) is 9.70. The summed E-state index contributed by atoms with van der Waals surface area (Å²) in [5.74, 6) is 0.865. The van der Waals surface area contributed by atoms with E-state index in [0.29, 0.717) is 12.6 Å². The molecule has 1 aliphatic carbocycles. The highest BCUT2D eigenvalue weighted by Gasteiger charge is 2.18. The lowest BCUT2D eigenvalue weighted by molar-refractivity contribution is 0.201. The van der Waals surface area contributed by atoms with Gasteiger partial charge in [0.25, 0.3) is 0 Å². The number of ether oxygens (including phenoxy) is 1. The predicted molar refractivity (Wildman–Crippen MR) is 63.8 cm³/mol. The normalized spacial score (nSPS) is 19.2. The standard InChI is InChI=1S/C13H19NO2/c1-14-13-4-2-3-10-9-11(16-8-7-15)5-6-12(10)13/h5-6,9,13-15H,2-4,7-8H2,1H3. The van der Waals surface area contributed by atoms with Gasteiger partial charge in [-0.05, 0) is 49.6 Å². The third-order valence-electron chi connectivity index (χ3n) is 3.14. The Labute approximate surface area is 96.4 Å². The van der Waals surface area contributed by atoms with Gasteiger partial charge in [0.2, 0.25) is 0 Å². The van der Waals surface area contributed by atoms with Crippen LogP contribution in [0.1, 0.15) is 30.0 Å². The Balaban J connectivity index is 2.18. The smallest absolute Gasteiger partial charge is 0.119 e. The minimum atomic E-state index is 0.0657. The number of hydrogen-bond donors (Lipinski definition) is 2. The highest BCUT2D eigenvalue weighted by Crippen LogP contribution is 2.31. The fourth-order valence-electron chi connectivity index (χ4n) is 2.34. The summed E-state index contributed by atoms with van der Waals surface area (Å²) >= 11 is 0. The summed E-state index contributed by atoms with van der Waals surface area (Å²) in [7, 11) is 2.01. The highest BCUT2D eigenvalue weighted by molar-refractivity contribution is 5.39. The maximum absolute atomic E-state index is 8.71. The van der Waals surface area contributed by atoms with E-state index < -0.39 is 0 Å². The van der Waals surface area contributed by atoms with Crippen molar-refractivity contribution in [1.29, 1.82) is 0 Å². The predicted octanol–water partition coefficient (Wildman–Crippen LogP) is 1.65. The van der Waals surface area contributed by atoms with Crippen molar-refractivity contribution in [3.05, 3.63) is 29.3 Å². The zero-order chi connectivity index (χ0) is 11.4.